The Morgan fingerprint density at radius 3 is 2.94 bits per heavy atom. The van der Waals surface area contributed by atoms with Gasteiger partial charge in [0.25, 0.3) is 5.91 Å². The second-order valence-corrected chi connectivity index (χ2v) is 5.15. The number of nitrogens with one attached hydrogen (secondary N) is 1. The molecular weight excluding hydrogens is 331 g/mol. The summed E-state index contributed by atoms with van der Waals surface area (Å²) >= 11 is 2.18. The summed E-state index contributed by atoms with van der Waals surface area (Å²) in [7, 11) is 0. The van der Waals surface area contributed by atoms with Crippen LogP contribution in [0.5, 0.6) is 0 Å². The number of nitrogens with zero attached hydrogens (tertiary/aromatic N) is 1. The zero-order valence-corrected chi connectivity index (χ0v) is 11.4. The first-order valence-corrected chi connectivity index (χ1v) is 6.56. The van der Waals surface area contributed by atoms with Gasteiger partial charge in [-0.15, -0.1) is 0 Å². The number of benzene rings is 1. The molecule has 5 heteroatoms. The van der Waals surface area contributed by atoms with Gasteiger partial charge in [0, 0.05) is 35.2 Å². The minimum absolute atomic E-state index is 0.0000148. The molecule has 2 rings (SSSR count). The third-order valence-corrected chi connectivity index (χ3v) is 3.34. The van der Waals surface area contributed by atoms with Crippen LogP contribution in [0, 0.1) is 3.57 Å². The summed E-state index contributed by atoms with van der Waals surface area (Å²) in [6.45, 7) is 1.61. The van der Waals surface area contributed by atoms with Crippen LogP contribution in [0.4, 0.5) is 0 Å². The Morgan fingerprint density at radius 2 is 2.18 bits per heavy atom. The van der Waals surface area contributed by atoms with Crippen molar-refractivity contribution < 1.29 is 9.59 Å². The van der Waals surface area contributed by atoms with Crippen molar-refractivity contribution in [3.05, 3.63) is 33.4 Å². The highest BCUT2D eigenvalue weighted by Gasteiger charge is 2.19. The molecule has 0 aliphatic carbocycles. The van der Waals surface area contributed by atoms with Gasteiger partial charge in [0.1, 0.15) is 0 Å². The van der Waals surface area contributed by atoms with E-state index in [9.17, 15) is 9.59 Å². The molecule has 1 aromatic rings. The lowest BCUT2D eigenvalue weighted by Gasteiger charge is -2.19. The molecule has 1 aliphatic heterocycles. The van der Waals surface area contributed by atoms with Crippen LogP contribution in [0.25, 0.3) is 0 Å². The SMILES string of the molecule is O=C1CCN(C(=O)c2cccc(I)c2)CCN1. The number of hydrogen-bond acceptors (Lipinski definition) is 2. The summed E-state index contributed by atoms with van der Waals surface area (Å²) in [5, 5.41) is 2.76. The monoisotopic (exact) mass is 344 g/mol. The van der Waals surface area contributed by atoms with Crippen molar-refractivity contribution in [1.82, 2.24) is 10.2 Å². The van der Waals surface area contributed by atoms with Crippen LogP contribution in [-0.2, 0) is 4.79 Å². The lowest BCUT2D eigenvalue weighted by atomic mass is 10.2. The first-order valence-electron chi connectivity index (χ1n) is 5.48. The fourth-order valence-electron chi connectivity index (χ4n) is 1.77. The van der Waals surface area contributed by atoms with Gasteiger partial charge in [-0.2, -0.15) is 0 Å². The Labute approximate surface area is 114 Å². The molecule has 1 saturated heterocycles. The van der Waals surface area contributed by atoms with Gasteiger partial charge in [-0.05, 0) is 40.8 Å². The molecule has 17 heavy (non-hydrogen) atoms. The molecule has 0 radical (unpaired) electrons. The minimum Gasteiger partial charge on any atom is -0.354 e. The van der Waals surface area contributed by atoms with Crippen LogP contribution in [0.2, 0.25) is 0 Å². The van der Waals surface area contributed by atoms with Crippen molar-refractivity contribution in [3.8, 4) is 0 Å². The van der Waals surface area contributed by atoms with E-state index in [-0.39, 0.29) is 11.8 Å². The van der Waals surface area contributed by atoms with Gasteiger partial charge >= 0.3 is 0 Å². The Hall–Kier alpha value is -1.11. The van der Waals surface area contributed by atoms with Crippen molar-refractivity contribution in [2.75, 3.05) is 19.6 Å². The van der Waals surface area contributed by atoms with Crippen LogP contribution >= 0.6 is 22.6 Å². The second-order valence-electron chi connectivity index (χ2n) is 3.90. The Balaban J connectivity index is 2.11. The summed E-state index contributed by atoms with van der Waals surface area (Å²) in [5.41, 5.74) is 0.686. The maximum Gasteiger partial charge on any atom is 0.253 e. The third-order valence-electron chi connectivity index (χ3n) is 2.67. The Bertz CT molecular complexity index is 448. The normalized spacial score (nSPS) is 16.3. The molecule has 0 atom stereocenters. The molecule has 0 saturated carbocycles. The van der Waals surface area contributed by atoms with Crippen LogP contribution in [0.3, 0.4) is 0 Å². The van der Waals surface area contributed by atoms with E-state index in [0.717, 1.165) is 3.57 Å². The van der Waals surface area contributed by atoms with E-state index in [2.05, 4.69) is 27.9 Å². The Morgan fingerprint density at radius 1 is 1.35 bits per heavy atom. The molecule has 1 heterocycles. The quantitative estimate of drug-likeness (QED) is 0.780. The van der Waals surface area contributed by atoms with E-state index >= 15 is 0 Å². The number of carbonyl (C=O) groups is 2. The number of amides is 2. The van der Waals surface area contributed by atoms with Crippen LogP contribution in [0.15, 0.2) is 24.3 Å². The number of rotatable bonds is 1. The van der Waals surface area contributed by atoms with E-state index < -0.39 is 0 Å². The number of carbonyl (C=O) groups excluding carboxylic acids is 2. The molecule has 0 unspecified atom stereocenters. The zero-order valence-electron chi connectivity index (χ0n) is 9.28. The molecular formula is C12H13IN2O2. The topological polar surface area (TPSA) is 49.4 Å². The first kappa shape index (κ1) is 12.3. The van der Waals surface area contributed by atoms with E-state index in [1.807, 2.05) is 24.3 Å². The van der Waals surface area contributed by atoms with E-state index in [0.29, 0.717) is 31.6 Å². The standard InChI is InChI=1S/C12H13IN2O2/c13-10-3-1-2-9(8-10)12(17)15-6-4-11(16)14-5-7-15/h1-3,8H,4-7H2,(H,14,16). The van der Waals surface area contributed by atoms with Crippen molar-refractivity contribution in [3.63, 3.8) is 0 Å². The third kappa shape index (κ3) is 3.18. The van der Waals surface area contributed by atoms with Gasteiger partial charge < -0.3 is 10.2 Å². The average Bonchev–Trinajstić information content (AvgIpc) is 2.53. The van der Waals surface area contributed by atoms with Crippen molar-refractivity contribution >= 4 is 34.4 Å². The zero-order chi connectivity index (χ0) is 12.3. The fraction of sp³-hybridized carbons (Fsp3) is 0.333. The van der Waals surface area contributed by atoms with E-state index in [4.69, 9.17) is 0 Å². The first-order chi connectivity index (χ1) is 8.16. The summed E-state index contributed by atoms with van der Waals surface area (Å²) < 4.78 is 1.04. The van der Waals surface area contributed by atoms with Crippen molar-refractivity contribution in [2.24, 2.45) is 0 Å². The highest BCUT2D eigenvalue weighted by atomic mass is 127. The van der Waals surface area contributed by atoms with Crippen LogP contribution in [0.1, 0.15) is 16.8 Å². The number of halogens is 1. The maximum absolute atomic E-state index is 12.2. The molecule has 90 valence electrons. The molecule has 0 spiro atoms. The van der Waals surface area contributed by atoms with Crippen LogP contribution in [-0.4, -0.2) is 36.3 Å². The lowest BCUT2D eigenvalue weighted by Crippen LogP contribution is -2.34. The van der Waals surface area contributed by atoms with Gasteiger partial charge in [-0.3, -0.25) is 9.59 Å². The van der Waals surface area contributed by atoms with E-state index in [1.165, 1.54) is 0 Å². The Kier molecular flexibility index (Phi) is 3.98. The van der Waals surface area contributed by atoms with Crippen LogP contribution < -0.4 is 5.32 Å². The molecule has 0 bridgehead atoms. The summed E-state index contributed by atoms with van der Waals surface area (Å²) in [6, 6.07) is 7.49. The summed E-state index contributed by atoms with van der Waals surface area (Å²) in [5.74, 6) is 0.0166. The minimum atomic E-state index is 0.0000148. The van der Waals surface area contributed by atoms with Gasteiger partial charge in [0.2, 0.25) is 5.91 Å². The highest BCUT2D eigenvalue weighted by Crippen LogP contribution is 2.11. The molecule has 1 N–H and O–H groups in total. The predicted octanol–water partition coefficient (Wildman–Crippen LogP) is 1.25. The largest absolute Gasteiger partial charge is 0.354 e. The van der Waals surface area contributed by atoms with Crippen molar-refractivity contribution in [1.29, 1.82) is 0 Å². The molecule has 1 fully saturated rings. The van der Waals surface area contributed by atoms with Gasteiger partial charge in [-0.1, -0.05) is 6.07 Å². The van der Waals surface area contributed by atoms with E-state index in [1.54, 1.807) is 4.90 Å². The number of hydrogen-bond donors (Lipinski definition) is 1. The second kappa shape index (κ2) is 5.48. The average molecular weight is 344 g/mol. The molecule has 2 amide bonds. The van der Waals surface area contributed by atoms with Gasteiger partial charge in [0.05, 0.1) is 0 Å². The molecule has 1 aliphatic rings. The highest BCUT2D eigenvalue weighted by molar-refractivity contribution is 14.1. The maximum atomic E-state index is 12.2. The summed E-state index contributed by atoms with van der Waals surface area (Å²) in [4.78, 5) is 25.1. The predicted molar refractivity (Wildman–Crippen MR) is 72.7 cm³/mol. The van der Waals surface area contributed by atoms with Gasteiger partial charge in [0.15, 0.2) is 0 Å². The summed E-state index contributed by atoms with van der Waals surface area (Å²) in [6.07, 6.45) is 0.385. The fourth-order valence-corrected chi connectivity index (χ4v) is 2.32. The lowest BCUT2D eigenvalue weighted by molar-refractivity contribution is -0.120. The molecule has 1 aromatic carbocycles. The molecule has 0 aromatic heterocycles. The van der Waals surface area contributed by atoms with Crippen molar-refractivity contribution in [2.45, 2.75) is 6.42 Å². The smallest absolute Gasteiger partial charge is 0.253 e. The van der Waals surface area contributed by atoms with Gasteiger partial charge in [-0.25, -0.2) is 0 Å². The molecule has 4 nitrogen and oxygen atoms in total.